The van der Waals surface area contributed by atoms with E-state index in [-0.39, 0.29) is 5.82 Å². The van der Waals surface area contributed by atoms with Crippen molar-refractivity contribution in [1.29, 1.82) is 0 Å². The van der Waals surface area contributed by atoms with Crippen molar-refractivity contribution in [2.75, 3.05) is 23.4 Å². The third-order valence-corrected chi connectivity index (χ3v) is 4.43. The quantitative estimate of drug-likeness (QED) is 0.706. The van der Waals surface area contributed by atoms with Gasteiger partial charge in [-0.25, -0.2) is 9.18 Å². The zero-order valence-corrected chi connectivity index (χ0v) is 15.1. The maximum absolute atomic E-state index is 14.4. The van der Waals surface area contributed by atoms with Crippen LogP contribution in [0.15, 0.2) is 72.8 Å². The van der Waals surface area contributed by atoms with E-state index in [9.17, 15) is 9.18 Å². The predicted octanol–water partition coefficient (Wildman–Crippen LogP) is 4.84. The van der Waals surface area contributed by atoms with Gasteiger partial charge in [0, 0.05) is 17.8 Å². The van der Waals surface area contributed by atoms with E-state index >= 15 is 0 Å². The fraction of sp³-hybridized carbons (Fsp3) is 0.136. The molecule has 6 heteroatoms. The van der Waals surface area contributed by atoms with Crippen molar-refractivity contribution in [2.45, 2.75) is 6.54 Å². The Morgan fingerprint density at radius 3 is 2.71 bits per heavy atom. The SMILES string of the molecule is O=C(Nc1ccc(F)c(CN2CCOc3ccccc32)c1)Oc1ccccc1. The Morgan fingerprint density at radius 1 is 1.07 bits per heavy atom. The summed E-state index contributed by atoms with van der Waals surface area (Å²) in [6.45, 7) is 1.57. The number of anilines is 2. The Labute approximate surface area is 162 Å². The predicted molar refractivity (Wildman–Crippen MR) is 105 cm³/mol. The Balaban J connectivity index is 1.48. The maximum Gasteiger partial charge on any atom is 0.417 e. The van der Waals surface area contributed by atoms with Crippen molar-refractivity contribution in [3.63, 3.8) is 0 Å². The van der Waals surface area contributed by atoms with Gasteiger partial charge < -0.3 is 14.4 Å². The molecule has 0 saturated heterocycles. The summed E-state index contributed by atoms with van der Waals surface area (Å²) in [4.78, 5) is 14.1. The molecule has 4 rings (SSSR count). The summed E-state index contributed by atoms with van der Waals surface area (Å²) in [5.41, 5.74) is 1.88. The first kappa shape index (κ1) is 17.9. The minimum atomic E-state index is -0.625. The number of fused-ring (bicyclic) bond motifs is 1. The number of benzene rings is 3. The fourth-order valence-electron chi connectivity index (χ4n) is 3.11. The van der Waals surface area contributed by atoms with Crippen LogP contribution in [0.5, 0.6) is 11.5 Å². The second-order valence-corrected chi connectivity index (χ2v) is 6.37. The number of amides is 1. The molecule has 0 spiro atoms. The normalized spacial score (nSPS) is 12.7. The van der Waals surface area contributed by atoms with Crippen molar-refractivity contribution in [3.05, 3.63) is 84.2 Å². The van der Waals surface area contributed by atoms with Gasteiger partial charge in [0.25, 0.3) is 0 Å². The van der Waals surface area contributed by atoms with Gasteiger partial charge in [0.05, 0.1) is 12.2 Å². The highest BCUT2D eigenvalue weighted by Crippen LogP contribution is 2.32. The van der Waals surface area contributed by atoms with Crippen LogP contribution >= 0.6 is 0 Å². The van der Waals surface area contributed by atoms with Gasteiger partial charge in [-0.2, -0.15) is 0 Å². The average molecular weight is 378 g/mol. The van der Waals surface area contributed by atoms with Gasteiger partial charge in [-0.3, -0.25) is 5.32 Å². The molecule has 1 N–H and O–H groups in total. The molecule has 1 amide bonds. The minimum Gasteiger partial charge on any atom is -0.490 e. The van der Waals surface area contributed by atoms with Gasteiger partial charge in [0.15, 0.2) is 0 Å². The van der Waals surface area contributed by atoms with E-state index in [2.05, 4.69) is 10.2 Å². The molecule has 0 saturated carbocycles. The van der Waals surface area contributed by atoms with Crippen molar-refractivity contribution < 1.29 is 18.7 Å². The third kappa shape index (κ3) is 4.06. The van der Waals surface area contributed by atoms with Crippen molar-refractivity contribution in [3.8, 4) is 11.5 Å². The number of ether oxygens (including phenoxy) is 2. The lowest BCUT2D eigenvalue weighted by molar-refractivity contribution is 0.215. The molecule has 142 valence electrons. The van der Waals surface area contributed by atoms with Crippen LogP contribution in [0.3, 0.4) is 0 Å². The largest absolute Gasteiger partial charge is 0.490 e. The lowest BCUT2D eigenvalue weighted by atomic mass is 10.1. The van der Waals surface area contributed by atoms with Crippen LogP contribution in [0.25, 0.3) is 0 Å². The van der Waals surface area contributed by atoms with E-state index in [4.69, 9.17) is 9.47 Å². The summed E-state index contributed by atoms with van der Waals surface area (Å²) in [7, 11) is 0. The van der Waals surface area contributed by atoms with Gasteiger partial charge in [-0.05, 0) is 42.5 Å². The number of hydrogen-bond donors (Lipinski definition) is 1. The standard InChI is InChI=1S/C22H19FN2O3/c23-19-11-10-17(24-22(26)28-18-6-2-1-3-7-18)14-16(19)15-25-12-13-27-21-9-5-4-8-20(21)25/h1-11,14H,12-13,15H2,(H,24,26). The Morgan fingerprint density at radius 2 is 1.86 bits per heavy atom. The lowest BCUT2D eigenvalue weighted by Gasteiger charge is -2.31. The van der Waals surface area contributed by atoms with Gasteiger partial charge in [0.1, 0.15) is 23.9 Å². The molecule has 0 unspecified atom stereocenters. The Bertz CT molecular complexity index is 979. The number of rotatable bonds is 4. The van der Waals surface area contributed by atoms with Gasteiger partial charge in [-0.15, -0.1) is 0 Å². The molecule has 3 aromatic carbocycles. The van der Waals surface area contributed by atoms with Gasteiger partial charge in [0.2, 0.25) is 0 Å². The molecule has 0 aromatic heterocycles. The van der Waals surface area contributed by atoms with Crippen molar-refractivity contribution >= 4 is 17.5 Å². The number of nitrogens with zero attached hydrogens (tertiary/aromatic N) is 1. The molecule has 0 bridgehead atoms. The van der Waals surface area contributed by atoms with Gasteiger partial charge >= 0.3 is 6.09 Å². The summed E-state index contributed by atoms with van der Waals surface area (Å²) in [5, 5.41) is 2.64. The minimum absolute atomic E-state index is 0.328. The summed E-state index contributed by atoms with van der Waals surface area (Å²) in [6, 6.07) is 20.9. The molecule has 28 heavy (non-hydrogen) atoms. The molecule has 1 aliphatic rings. The van der Waals surface area contributed by atoms with Crippen LogP contribution in [0.1, 0.15) is 5.56 Å². The summed E-state index contributed by atoms with van der Waals surface area (Å²) in [5.74, 6) is 0.896. The van der Waals surface area contributed by atoms with Crippen molar-refractivity contribution in [1.82, 2.24) is 0 Å². The number of carbonyl (C=O) groups excluding carboxylic acids is 1. The summed E-state index contributed by atoms with van der Waals surface area (Å²) >= 11 is 0. The number of hydrogen-bond acceptors (Lipinski definition) is 4. The highest BCUT2D eigenvalue weighted by Gasteiger charge is 2.19. The fourth-order valence-corrected chi connectivity index (χ4v) is 3.11. The maximum atomic E-state index is 14.4. The van der Waals surface area contributed by atoms with Crippen LogP contribution in [0.2, 0.25) is 0 Å². The second-order valence-electron chi connectivity index (χ2n) is 6.37. The molecule has 0 aliphatic carbocycles. The number of carbonyl (C=O) groups is 1. The molecular formula is C22H19FN2O3. The Hall–Kier alpha value is -3.54. The molecule has 1 aliphatic heterocycles. The molecule has 5 nitrogen and oxygen atoms in total. The molecule has 1 heterocycles. The average Bonchev–Trinajstić information content (AvgIpc) is 2.71. The smallest absolute Gasteiger partial charge is 0.417 e. The van der Waals surface area contributed by atoms with Crippen LogP contribution in [-0.4, -0.2) is 19.2 Å². The van der Waals surface area contributed by atoms with Crippen LogP contribution in [0.4, 0.5) is 20.6 Å². The zero-order valence-electron chi connectivity index (χ0n) is 15.1. The number of nitrogens with one attached hydrogen (secondary N) is 1. The molecule has 0 fully saturated rings. The highest BCUT2D eigenvalue weighted by atomic mass is 19.1. The van der Waals surface area contributed by atoms with E-state index in [0.717, 1.165) is 11.4 Å². The Kier molecular flexibility index (Phi) is 5.10. The first-order chi connectivity index (χ1) is 13.7. The summed E-state index contributed by atoms with van der Waals surface area (Å²) < 4.78 is 25.2. The first-order valence-corrected chi connectivity index (χ1v) is 8.98. The van der Waals surface area contributed by atoms with Crippen LogP contribution in [-0.2, 0) is 6.54 Å². The summed E-state index contributed by atoms with van der Waals surface area (Å²) in [6.07, 6.45) is -0.625. The van der Waals surface area contributed by atoms with Crippen LogP contribution < -0.4 is 19.7 Å². The van der Waals surface area contributed by atoms with Crippen molar-refractivity contribution in [2.24, 2.45) is 0 Å². The first-order valence-electron chi connectivity index (χ1n) is 8.98. The molecule has 0 radical (unpaired) electrons. The van der Waals surface area contributed by atoms with Gasteiger partial charge in [-0.1, -0.05) is 30.3 Å². The lowest BCUT2D eigenvalue weighted by Crippen LogP contribution is -2.32. The third-order valence-electron chi connectivity index (χ3n) is 4.43. The monoisotopic (exact) mass is 378 g/mol. The van der Waals surface area contributed by atoms with E-state index in [1.54, 1.807) is 30.3 Å². The van der Waals surface area contributed by atoms with E-state index in [1.165, 1.54) is 12.1 Å². The second kappa shape index (κ2) is 8.00. The van der Waals surface area contributed by atoms with E-state index in [1.807, 2.05) is 30.3 Å². The molecular weight excluding hydrogens is 359 g/mol. The molecule has 0 atom stereocenters. The molecule has 3 aromatic rings. The topological polar surface area (TPSA) is 50.8 Å². The number of halogens is 1. The van der Waals surface area contributed by atoms with Crippen LogP contribution in [0, 0.1) is 5.82 Å². The van der Waals surface area contributed by atoms with E-state index < -0.39 is 6.09 Å². The highest BCUT2D eigenvalue weighted by molar-refractivity contribution is 5.86. The number of para-hydroxylation sites is 3. The van der Waals surface area contributed by atoms with E-state index in [0.29, 0.717) is 36.7 Å². The zero-order chi connectivity index (χ0) is 19.3.